The van der Waals surface area contributed by atoms with Gasteiger partial charge in [-0.05, 0) is 66.2 Å². The van der Waals surface area contributed by atoms with E-state index in [2.05, 4.69) is 10.6 Å². The van der Waals surface area contributed by atoms with Crippen LogP contribution in [0.5, 0.6) is 0 Å². The fraction of sp³-hybridized carbons (Fsp3) is 0.192. The molecule has 0 saturated heterocycles. The van der Waals surface area contributed by atoms with Crippen molar-refractivity contribution in [2.24, 2.45) is 5.92 Å². The minimum absolute atomic E-state index is 0.00453. The van der Waals surface area contributed by atoms with Gasteiger partial charge in [0.2, 0.25) is 5.91 Å². The SMILES string of the molecule is CN(C(=O)C(F)(F)F)c1ccc(NC(=O)c2cc(NC(=O)C3C(c4cc(Cl)cc(Cl)c4)C3(Cl)Cl)ccc2Cl)cc1. The Morgan fingerprint density at radius 3 is 2.00 bits per heavy atom. The predicted octanol–water partition coefficient (Wildman–Crippen LogP) is 7.95. The molecule has 1 fully saturated rings. The van der Waals surface area contributed by atoms with Crippen molar-refractivity contribution in [1.29, 1.82) is 0 Å². The lowest BCUT2D eigenvalue weighted by molar-refractivity contribution is -0.170. The van der Waals surface area contributed by atoms with Crippen LogP contribution in [0.3, 0.4) is 0 Å². The highest BCUT2D eigenvalue weighted by molar-refractivity contribution is 6.53. The third kappa shape index (κ3) is 6.44. The molecule has 0 spiro atoms. The minimum atomic E-state index is -5.03. The van der Waals surface area contributed by atoms with Gasteiger partial charge in [-0.3, -0.25) is 14.4 Å². The van der Waals surface area contributed by atoms with Gasteiger partial charge in [-0.1, -0.05) is 34.8 Å². The van der Waals surface area contributed by atoms with E-state index in [-0.39, 0.29) is 27.6 Å². The third-order valence-corrected chi connectivity index (χ3v) is 7.82. The van der Waals surface area contributed by atoms with E-state index in [1.165, 1.54) is 48.5 Å². The number of amides is 3. The molecule has 210 valence electrons. The molecule has 3 aromatic carbocycles. The summed E-state index contributed by atoms with van der Waals surface area (Å²) >= 11 is 31.1. The second-order valence-electron chi connectivity index (χ2n) is 8.88. The van der Waals surface area contributed by atoms with Gasteiger partial charge >= 0.3 is 12.1 Å². The minimum Gasteiger partial charge on any atom is -0.326 e. The zero-order valence-electron chi connectivity index (χ0n) is 20.1. The third-order valence-electron chi connectivity index (χ3n) is 6.12. The van der Waals surface area contributed by atoms with E-state index in [4.69, 9.17) is 58.0 Å². The standard InChI is InChI=1S/C26H17Cl5F3N3O3/c1-37(24(40)26(32,33)34)17-5-2-15(3-6-17)35-22(38)18-11-16(4-7-19(18)29)36-23(39)21-20(25(21,30)31)12-8-13(27)10-14(28)9-12/h2-11,20-21H,1H3,(H,35,38)(H,36,39). The van der Waals surface area contributed by atoms with E-state index in [0.29, 0.717) is 20.5 Å². The first kappa shape index (κ1) is 30.3. The lowest BCUT2D eigenvalue weighted by Gasteiger charge is -2.19. The Labute approximate surface area is 251 Å². The molecule has 40 heavy (non-hydrogen) atoms. The monoisotopic (exact) mass is 651 g/mol. The molecular weight excluding hydrogens is 637 g/mol. The molecule has 2 atom stereocenters. The highest BCUT2D eigenvalue weighted by Gasteiger charge is 2.67. The summed E-state index contributed by atoms with van der Waals surface area (Å²) in [5.74, 6) is -4.61. The Kier molecular flexibility index (Phi) is 8.55. The number of carbonyl (C=O) groups excluding carboxylic acids is 3. The zero-order chi connectivity index (χ0) is 29.6. The number of nitrogens with zero attached hydrogens (tertiary/aromatic N) is 1. The van der Waals surface area contributed by atoms with Gasteiger partial charge < -0.3 is 15.5 Å². The van der Waals surface area contributed by atoms with Crippen LogP contribution in [-0.2, 0) is 9.59 Å². The molecule has 0 aliphatic heterocycles. The summed E-state index contributed by atoms with van der Waals surface area (Å²) in [7, 11) is 0.982. The van der Waals surface area contributed by atoms with Crippen LogP contribution in [0, 0.1) is 5.92 Å². The first-order chi connectivity index (χ1) is 18.6. The number of hydrogen-bond donors (Lipinski definition) is 2. The van der Waals surface area contributed by atoms with Gasteiger partial charge in [0.05, 0.1) is 16.5 Å². The number of alkyl halides is 5. The number of rotatable bonds is 6. The second kappa shape index (κ2) is 11.3. The fourth-order valence-corrected chi connectivity index (χ4v) is 5.67. The number of benzene rings is 3. The molecule has 3 aromatic rings. The zero-order valence-corrected chi connectivity index (χ0v) is 23.9. The van der Waals surface area contributed by atoms with E-state index in [1.807, 2.05) is 0 Å². The Morgan fingerprint density at radius 2 is 1.43 bits per heavy atom. The van der Waals surface area contributed by atoms with Gasteiger partial charge in [0, 0.05) is 40.1 Å². The van der Waals surface area contributed by atoms with Crippen LogP contribution >= 0.6 is 58.0 Å². The van der Waals surface area contributed by atoms with Crippen LogP contribution in [-0.4, -0.2) is 35.3 Å². The molecule has 1 aliphatic carbocycles. The quantitative estimate of drug-likeness (QED) is 0.265. The summed E-state index contributed by atoms with van der Waals surface area (Å²) in [5.41, 5.74) is 1.03. The largest absolute Gasteiger partial charge is 0.471 e. The van der Waals surface area contributed by atoms with Crippen LogP contribution in [0.1, 0.15) is 21.8 Å². The Hall–Kier alpha value is -2.69. The summed E-state index contributed by atoms with van der Waals surface area (Å²) in [6.07, 6.45) is -5.03. The van der Waals surface area contributed by atoms with E-state index < -0.39 is 40.1 Å². The first-order valence-electron chi connectivity index (χ1n) is 11.3. The number of hydrogen-bond acceptors (Lipinski definition) is 3. The number of nitrogens with one attached hydrogen (secondary N) is 2. The van der Waals surface area contributed by atoms with Gasteiger partial charge in [0.25, 0.3) is 5.91 Å². The molecule has 4 rings (SSSR count). The fourth-order valence-electron chi connectivity index (χ4n) is 4.09. The maximum absolute atomic E-state index is 13.0. The molecule has 0 bridgehead atoms. The average Bonchev–Trinajstić information content (AvgIpc) is 3.45. The highest BCUT2D eigenvalue weighted by Crippen LogP contribution is 2.65. The molecule has 2 N–H and O–H groups in total. The molecule has 2 unspecified atom stereocenters. The highest BCUT2D eigenvalue weighted by atomic mass is 35.5. The maximum Gasteiger partial charge on any atom is 0.471 e. The van der Waals surface area contributed by atoms with Crippen LogP contribution in [0.4, 0.5) is 30.2 Å². The molecule has 1 saturated carbocycles. The maximum atomic E-state index is 13.0. The predicted molar refractivity (Wildman–Crippen MR) is 151 cm³/mol. The van der Waals surface area contributed by atoms with Crippen molar-refractivity contribution < 1.29 is 27.6 Å². The van der Waals surface area contributed by atoms with Crippen molar-refractivity contribution >= 4 is 92.8 Å². The van der Waals surface area contributed by atoms with Gasteiger partial charge in [-0.15, -0.1) is 23.2 Å². The summed E-state index contributed by atoms with van der Waals surface area (Å²) in [5, 5.41) is 6.04. The topological polar surface area (TPSA) is 78.5 Å². The average molecular weight is 654 g/mol. The first-order valence-corrected chi connectivity index (χ1v) is 13.2. The summed E-state index contributed by atoms with van der Waals surface area (Å²) in [6, 6.07) is 14.1. The van der Waals surface area contributed by atoms with Crippen molar-refractivity contribution in [2.45, 2.75) is 16.4 Å². The Bertz CT molecular complexity index is 1480. The molecule has 1 aliphatic rings. The van der Waals surface area contributed by atoms with E-state index in [0.717, 1.165) is 7.05 Å². The van der Waals surface area contributed by atoms with E-state index >= 15 is 0 Å². The van der Waals surface area contributed by atoms with Crippen LogP contribution in [0.15, 0.2) is 60.7 Å². The Morgan fingerprint density at radius 1 is 0.850 bits per heavy atom. The lowest BCUT2D eigenvalue weighted by Crippen LogP contribution is -2.38. The van der Waals surface area contributed by atoms with Gasteiger partial charge in [-0.2, -0.15) is 13.2 Å². The number of carbonyl (C=O) groups is 3. The number of halogens is 8. The van der Waals surface area contributed by atoms with Crippen molar-refractivity contribution in [3.8, 4) is 0 Å². The summed E-state index contributed by atoms with van der Waals surface area (Å²) in [6.45, 7) is 0. The van der Waals surface area contributed by atoms with Crippen molar-refractivity contribution in [3.05, 3.63) is 86.9 Å². The molecular formula is C26H17Cl5F3N3O3. The molecule has 3 amide bonds. The van der Waals surface area contributed by atoms with Crippen molar-refractivity contribution in [2.75, 3.05) is 22.6 Å². The number of anilines is 3. The van der Waals surface area contributed by atoms with E-state index in [9.17, 15) is 27.6 Å². The molecule has 0 heterocycles. The van der Waals surface area contributed by atoms with Gasteiger partial charge in [-0.25, -0.2) is 0 Å². The Balaban J connectivity index is 1.45. The van der Waals surface area contributed by atoms with Crippen LogP contribution in [0.2, 0.25) is 15.1 Å². The van der Waals surface area contributed by atoms with Gasteiger partial charge in [0.1, 0.15) is 4.33 Å². The van der Waals surface area contributed by atoms with E-state index in [1.54, 1.807) is 12.1 Å². The molecule has 14 heteroatoms. The second-order valence-corrected chi connectivity index (χ2v) is 11.6. The molecule has 0 radical (unpaired) electrons. The van der Waals surface area contributed by atoms with Crippen molar-refractivity contribution in [1.82, 2.24) is 0 Å². The van der Waals surface area contributed by atoms with Crippen molar-refractivity contribution in [3.63, 3.8) is 0 Å². The molecule has 0 aromatic heterocycles. The van der Waals surface area contributed by atoms with Crippen LogP contribution < -0.4 is 15.5 Å². The molecule has 6 nitrogen and oxygen atoms in total. The normalized spacial score (nSPS) is 17.6. The summed E-state index contributed by atoms with van der Waals surface area (Å²) < 4.78 is 36.6. The summed E-state index contributed by atoms with van der Waals surface area (Å²) in [4.78, 5) is 37.8. The smallest absolute Gasteiger partial charge is 0.326 e. The lowest BCUT2D eigenvalue weighted by atomic mass is 10.1. The van der Waals surface area contributed by atoms with Gasteiger partial charge in [0.15, 0.2) is 0 Å². The van der Waals surface area contributed by atoms with Crippen LogP contribution in [0.25, 0.3) is 0 Å².